The Bertz CT molecular complexity index is 250. The number of benzene rings is 1. The van der Waals surface area contributed by atoms with Gasteiger partial charge in [-0.25, -0.2) is 4.57 Å². The van der Waals surface area contributed by atoms with Crippen LogP contribution in [0, 0.1) is 6.92 Å². The molecule has 13 heavy (non-hydrogen) atoms. The summed E-state index contributed by atoms with van der Waals surface area (Å²) in [5.74, 6) is 0. The molecule has 1 aromatic rings. The molecule has 0 heterocycles. The van der Waals surface area contributed by atoms with Crippen LogP contribution in [0.3, 0.4) is 0 Å². The molecule has 0 aliphatic rings. The molecule has 0 aliphatic carbocycles. The zero-order valence-corrected chi connectivity index (χ0v) is 8.49. The Morgan fingerprint density at radius 2 is 1.38 bits per heavy atom. The minimum Gasteiger partial charge on any atom is -0.303 e. The fourth-order valence-electron chi connectivity index (χ4n) is 0.478. The number of hydrogen-bond acceptors (Lipinski definition) is 1. The first-order valence-electron chi connectivity index (χ1n) is 3.05. The molecule has 1 aromatic carbocycles. The first-order chi connectivity index (χ1) is 5.39. The maximum absolute atomic E-state index is 8.88. The largest absolute Gasteiger partial charge is 0.466 e. The van der Waals surface area contributed by atoms with Gasteiger partial charge in [-0.15, -0.1) is 12.1 Å². The predicted octanol–water partition coefficient (Wildman–Crippen LogP) is 0.938. The summed E-state index contributed by atoms with van der Waals surface area (Å²) >= 11 is 0. The van der Waals surface area contributed by atoms with E-state index in [-0.39, 0.29) is 16.5 Å². The summed E-state index contributed by atoms with van der Waals surface area (Å²) in [6.45, 7) is 3.72. The Morgan fingerprint density at radius 1 is 1.08 bits per heavy atom. The summed E-state index contributed by atoms with van der Waals surface area (Å²) in [7, 11) is -4.64. The van der Waals surface area contributed by atoms with Gasteiger partial charge in [0.15, 0.2) is 0 Å². The third-order valence-electron chi connectivity index (χ3n) is 0.843. The van der Waals surface area contributed by atoms with Crippen molar-refractivity contribution < 1.29 is 35.7 Å². The summed E-state index contributed by atoms with van der Waals surface area (Å²) in [6, 6.07) is 9.87. The second-order valence-corrected chi connectivity index (χ2v) is 3.03. The molecule has 0 radical (unpaired) electrons. The molecular weight excluding hydrogens is 238 g/mol. The SMILES string of the molecule is O=P(O)(O)O.[CH2-]c1ccccc1.[Ni]. The number of phosphoric acid groups is 1. The Kier molecular flexibility index (Phi) is 8.33. The van der Waals surface area contributed by atoms with Crippen molar-refractivity contribution in [2.45, 2.75) is 0 Å². The van der Waals surface area contributed by atoms with E-state index in [2.05, 4.69) is 6.92 Å². The van der Waals surface area contributed by atoms with E-state index in [0.717, 1.165) is 5.56 Å². The molecule has 0 fully saturated rings. The molecule has 0 unspecified atom stereocenters. The van der Waals surface area contributed by atoms with E-state index in [4.69, 9.17) is 19.2 Å². The smallest absolute Gasteiger partial charge is 0.303 e. The molecule has 0 saturated carbocycles. The van der Waals surface area contributed by atoms with Gasteiger partial charge >= 0.3 is 7.82 Å². The van der Waals surface area contributed by atoms with E-state index < -0.39 is 7.82 Å². The van der Waals surface area contributed by atoms with Crippen molar-refractivity contribution in [2.24, 2.45) is 0 Å². The first kappa shape index (κ1) is 15.2. The average Bonchev–Trinajstić information content (AvgIpc) is 1.85. The molecule has 4 nitrogen and oxygen atoms in total. The van der Waals surface area contributed by atoms with Crippen LogP contribution < -0.4 is 0 Å². The van der Waals surface area contributed by atoms with E-state index in [1.807, 2.05) is 30.3 Å². The monoisotopic (exact) mass is 247 g/mol. The Balaban J connectivity index is 0. The Morgan fingerprint density at radius 3 is 1.54 bits per heavy atom. The van der Waals surface area contributed by atoms with Crippen LogP contribution >= 0.6 is 7.82 Å². The molecule has 0 aliphatic heterocycles. The maximum Gasteiger partial charge on any atom is 0.466 e. The van der Waals surface area contributed by atoms with E-state index in [9.17, 15) is 0 Å². The molecule has 0 aromatic heterocycles. The van der Waals surface area contributed by atoms with Gasteiger partial charge in [0.2, 0.25) is 0 Å². The van der Waals surface area contributed by atoms with Gasteiger partial charge in [-0.05, 0) is 0 Å². The van der Waals surface area contributed by atoms with E-state index in [1.165, 1.54) is 0 Å². The van der Waals surface area contributed by atoms with Crippen molar-refractivity contribution in [1.29, 1.82) is 0 Å². The average molecular weight is 248 g/mol. The quantitative estimate of drug-likeness (QED) is 0.362. The van der Waals surface area contributed by atoms with Crippen LogP contribution in [0.2, 0.25) is 0 Å². The summed E-state index contributed by atoms with van der Waals surface area (Å²) in [4.78, 5) is 21.6. The fourth-order valence-corrected chi connectivity index (χ4v) is 0.478. The Hall–Kier alpha value is -0.306. The zero-order chi connectivity index (χ0) is 9.61. The fraction of sp³-hybridized carbons (Fsp3) is 0. The number of rotatable bonds is 0. The van der Waals surface area contributed by atoms with Crippen LogP contribution in [-0.2, 0) is 21.1 Å². The van der Waals surface area contributed by atoms with Gasteiger partial charge in [-0.1, -0.05) is 6.07 Å². The summed E-state index contributed by atoms with van der Waals surface area (Å²) in [5, 5.41) is 0. The minimum absolute atomic E-state index is 0. The molecule has 0 bridgehead atoms. The van der Waals surface area contributed by atoms with Crippen molar-refractivity contribution in [2.75, 3.05) is 0 Å². The van der Waals surface area contributed by atoms with E-state index >= 15 is 0 Å². The second kappa shape index (κ2) is 7.13. The molecule has 3 N–H and O–H groups in total. The van der Waals surface area contributed by atoms with Crippen molar-refractivity contribution in [3.63, 3.8) is 0 Å². The van der Waals surface area contributed by atoms with Crippen LogP contribution in [0.15, 0.2) is 30.3 Å². The molecule has 0 atom stereocenters. The molecule has 0 spiro atoms. The number of hydrogen-bond donors (Lipinski definition) is 3. The van der Waals surface area contributed by atoms with Gasteiger partial charge in [-0.3, -0.25) is 0 Å². The third kappa shape index (κ3) is 18.6. The summed E-state index contributed by atoms with van der Waals surface area (Å²) in [6.07, 6.45) is 0. The summed E-state index contributed by atoms with van der Waals surface area (Å²) in [5.41, 5.74) is 1.07. The van der Waals surface area contributed by atoms with Crippen LogP contribution in [-0.4, -0.2) is 14.7 Å². The molecule has 1 rings (SSSR count). The van der Waals surface area contributed by atoms with Crippen LogP contribution in [0.25, 0.3) is 0 Å². The van der Waals surface area contributed by atoms with E-state index in [0.29, 0.717) is 0 Å². The molecular formula is C7H10NiO4P-. The van der Waals surface area contributed by atoms with Crippen molar-refractivity contribution in [1.82, 2.24) is 0 Å². The van der Waals surface area contributed by atoms with Gasteiger partial charge in [0.25, 0.3) is 0 Å². The van der Waals surface area contributed by atoms with Gasteiger partial charge in [0.1, 0.15) is 0 Å². The Labute approximate surface area is 86.8 Å². The molecule has 6 heteroatoms. The minimum atomic E-state index is -4.64. The van der Waals surface area contributed by atoms with E-state index in [1.54, 1.807) is 0 Å². The second-order valence-electron chi connectivity index (χ2n) is 2.00. The maximum atomic E-state index is 8.88. The van der Waals surface area contributed by atoms with Gasteiger partial charge in [-0.2, -0.15) is 24.6 Å². The zero-order valence-electron chi connectivity index (χ0n) is 6.61. The molecule has 0 saturated heterocycles. The standard InChI is InChI=1S/C7H7.Ni.H3O4P/c1-7-5-3-2-4-6-7;;1-5(2,3)4/h2-6H,1H2;;(H3,1,2,3,4)/q-1;;. The van der Waals surface area contributed by atoms with Gasteiger partial charge in [0, 0.05) is 16.5 Å². The third-order valence-corrected chi connectivity index (χ3v) is 0.843. The normalized spacial score (nSPS) is 9.15. The summed E-state index contributed by atoms with van der Waals surface area (Å²) < 4.78 is 8.88. The molecule has 78 valence electrons. The molecule has 0 amide bonds. The predicted molar refractivity (Wildman–Crippen MR) is 45.2 cm³/mol. The van der Waals surface area contributed by atoms with Gasteiger partial charge in [0.05, 0.1) is 0 Å². The van der Waals surface area contributed by atoms with Crippen molar-refractivity contribution in [3.8, 4) is 0 Å². The van der Waals surface area contributed by atoms with Gasteiger partial charge < -0.3 is 14.7 Å². The van der Waals surface area contributed by atoms with Crippen molar-refractivity contribution >= 4 is 7.82 Å². The first-order valence-corrected chi connectivity index (χ1v) is 4.61. The topological polar surface area (TPSA) is 77.8 Å². The van der Waals surface area contributed by atoms with Crippen LogP contribution in [0.4, 0.5) is 0 Å². The van der Waals surface area contributed by atoms with Crippen molar-refractivity contribution in [3.05, 3.63) is 42.8 Å². The van der Waals surface area contributed by atoms with Crippen LogP contribution in [0.1, 0.15) is 5.56 Å². The van der Waals surface area contributed by atoms with Crippen LogP contribution in [0.5, 0.6) is 0 Å².